The molecular weight excluding hydrogens is 488 g/mol. The van der Waals surface area contributed by atoms with Crippen LogP contribution in [0.1, 0.15) is 60.6 Å². The Morgan fingerprint density at radius 2 is 1.84 bits per heavy atom. The molecule has 1 saturated carbocycles. The zero-order valence-corrected chi connectivity index (χ0v) is 21.4. The Morgan fingerprint density at radius 1 is 1.08 bits per heavy atom. The molecule has 0 bridgehead atoms. The van der Waals surface area contributed by atoms with Crippen LogP contribution in [-0.4, -0.2) is 47.2 Å². The predicted molar refractivity (Wildman–Crippen MR) is 140 cm³/mol. The SMILES string of the molecule is CC(C)NC(=O)O[C@@H]1CC[C@H](c2cc(NC(=O)COc3cccc(OCc4ccccc4)c3C=O)n[nH]2)C1. The Bertz CT molecular complexity index is 1240. The number of H-pyrrole nitrogens is 1. The van der Waals surface area contributed by atoms with Crippen molar-refractivity contribution in [2.24, 2.45) is 0 Å². The summed E-state index contributed by atoms with van der Waals surface area (Å²) in [6.07, 6.45) is 2.37. The maximum atomic E-state index is 12.5. The lowest BCUT2D eigenvalue weighted by Crippen LogP contribution is -2.33. The summed E-state index contributed by atoms with van der Waals surface area (Å²) in [5, 5.41) is 12.6. The first-order chi connectivity index (χ1) is 18.4. The number of ether oxygens (including phenoxy) is 3. The highest BCUT2D eigenvalue weighted by molar-refractivity contribution is 5.91. The molecule has 1 fully saturated rings. The van der Waals surface area contributed by atoms with E-state index in [9.17, 15) is 14.4 Å². The third-order valence-corrected chi connectivity index (χ3v) is 6.11. The molecule has 2 aromatic carbocycles. The van der Waals surface area contributed by atoms with Crippen LogP contribution in [0.3, 0.4) is 0 Å². The zero-order chi connectivity index (χ0) is 26.9. The number of hydrogen-bond donors (Lipinski definition) is 3. The standard InChI is InChI=1S/C28H32N4O6/c1-18(2)29-28(35)38-21-12-11-20(13-21)23-14-26(32-31-23)30-27(34)17-37-25-10-6-9-24(22(25)15-33)36-16-19-7-4-3-5-8-19/h3-10,14-15,18,20-21H,11-13,16-17H2,1-2H3,(H,29,35)(H2,30,31,32,34)/t20-,21+/m0/s1. The van der Waals surface area contributed by atoms with Gasteiger partial charge >= 0.3 is 6.09 Å². The molecule has 200 valence electrons. The van der Waals surface area contributed by atoms with Crippen molar-refractivity contribution in [1.82, 2.24) is 15.5 Å². The maximum absolute atomic E-state index is 12.5. The summed E-state index contributed by atoms with van der Waals surface area (Å²) in [7, 11) is 0. The van der Waals surface area contributed by atoms with Crippen molar-refractivity contribution in [1.29, 1.82) is 0 Å². The summed E-state index contributed by atoms with van der Waals surface area (Å²) in [6, 6.07) is 16.4. The summed E-state index contributed by atoms with van der Waals surface area (Å²) >= 11 is 0. The van der Waals surface area contributed by atoms with Crippen LogP contribution in [-0.2, 0) is 16.1 Å². The molecular formula is C28H32N4O6. The highest BCUT2D eigenvalue weighted by atomic mass is 16.6. The van der Waals surface area contributed by atoms with Gasteiger partial charge in [0, 0.05) is 23.7 Å². The molecule has 0 radical (unpaired) electrons. The van der Waals surface area contributed by atoms with Gasteiger partial charge in [-0.05, 0) is 50.8 Å². The number of rotatable bonds is 11. The third-order valence-electron chi connectivity index (χ3n) is 6.11. The van der Waals surface area contributed by atoms with Gasteiger partial charge in [0.15, 0.2) is 18.7 Å². The van der Waals surface area contributed by atoms with Gasteiger partial charge in [-0.15, -0.1) is 0 Å². The largest absolute Gasteiger partial charge is 0.488 e. The fourth-order valence-corrected chi connectivity index (χ4v) is 4.31. The van der Waals surface area contributed by atoms with Crippen molar-refractivity contribution >= 4 is 24.1 Å². The molecule has 0 unspecified atom stereocenters. The van der Waals surface area contributed by atoms with Crippen LogP contribution in [0.25, 0.3) is 0 Å². The maximum Gasteiger partial charge on any atom is 0.407 e. The molecule has 1 aromatic heterocycles. The number of carbonyl (C=O) groups excluding carboxylic acids is 3. The lowest BCUT2D eigenvalue weighted by Gasteiger charge is -2.14. The molecule has 0 aliphatic heterocycles. The van der Waals surface area contributed by atoms with Crippen LogP contribution in [0, 0.1) is 0 Å². The van der Waals surface area contributed by atoms with Gasteiger partial charge in [-0.1, -0.05) is 36.4 Å². The second-order valence-electron chi connectivity index (χ2n) is 9.44. The number of hydrogen-bond acceptors (Lipinski definition) is 7. The van der Waals surface area contributed by atoms with E-state index in [1.54, 1.807) is 24.3 Å². The predicted octanol–water partition coefficient (Wildman–Crippen LogP) is 4.59. The number of aromatic amines is 1. The molecule has 3 aromatic rings. The van der Waals surface area contributed by atoms with E-state index in [1.165, 1.54) is 0 Å². The van der Waals surface area contributed by atoms with Crippen molar-refractivity contribution < 1.29 is 28.6 Å². The molecule has 2 amide bonds. The highest BCUT2D eigenvalue weighted by Crippen LogP contribution is 2.36. The van der Waals surface area contributed by atoms with Crippen LogP contribution < -0.4 is 20.1 Å². The second-order valence-corrected chi connectivity index (χ2v) is 9.44. The summed E-state index contributed by atoms with van der Waals surface area (Å²) in [5.41, 5.74) is 2.06. The fourth-order valence-electron chi connectivity index (χ4n) is 4.31. The molecule has 1 aliphatic carbocycles. The van der Waals surface area contributed by atoms with E-state index < -0.39 is 12.0 Å². The summed E-state index contributed by atoms with van der Waals surface area (Å²) in [5.74, 6) is 0.718. The number of nitrogens with one attached hydrogen (secondary N) is 3. The molecule has 0 spiro atoms. The smallest absolute Gasteiger partial charge is 0.407 e. The minimum Gasteiger partial charge on any atom is -0.488 e. The van der Waals surface area contributed by atoms with E-state index in [0.29, 0.717) is 30.9 Å². The Hall–Kier alpha value is -4.34. The summed E-state index contributed by atoms with van der Waals surface area (Å²) in [6.45, 7) is 3.75. The molecule has 3 N–H and O–H groups in total. The lowest BCUT2D eigenvalue weighted by molar-refractivity contribution is -0.118. The van der Waals surface area contributed by atoms with Gasteiger partial charge < -0.3 is 24.8 Å². The number of nitrogens with zero attached hydrogens (tertiary/aromatic N) is 1. The van der Waals surface area contributed by atoms with E-state index in [2.05, 4.69) is 20.8 Å². The normalized spacial score (nSPS) is 16.6. The molecule has 4 rings (SSSR count). The van der Waals surface area contributed by atoms with Crippen LogP contribution in [0.4, 0.5) is 10.6 Å². The number of alkyl carbamates (subject to hydrolysis) is 1. The Labute approximate surface area is 221 Å². The number of aldehydes is 1. The Balaban J connectivity index is 1.27. The van der Waals surface area contributed by atoms with Crippen molar-refractivity contribution in [2.75, 3.05) is 11.9 Å². The zero-order valence-electron chi connectivity index (χ0n) is 21.4. The molecule has 10 heteroatoms. The van der Waals surface area contributed by atoms with E-state index in [-0.39, 0.29) is 36.0 Å². The molecule has 38 heavy (non-hydrogen) atoms. The van der Waals surface area contributed by atoms with Gasteiger partial charge in [0.05, 0.1) is 5.56 Å². The first-order valence-electron chi connectivity index (χ1n) is 12.6. The van der Waals surface area contributed by atoms with Crippen molar-refractivity contribution in [3.63, 3.8) is 0 Å². The van der Waals surface area contributed by atoms with E-state index >= 15 is 0 Å². The van der Waals surface area contributed by atoms with E-state index in [0.717, 1.165) is 24.1 Å². The third kappa shape index (κ3) is 7.34. The van der Waals surface area contributed by atoms with E-state index in [4.69, 9.17) is 14.2 Å². The molecule has 0 saturated heterocycles. The Kier molecular flexibility index (Phi) is 8.97. The molecule has 1 aliphatic rings. The molecule has 1 heterocycles. The lowest BCUT2D eigenvalue weighted by atomic mass is 10.0. The number of amides is 2. The summed E-state index contributed by atoms with van der Waals surface area (Å²) in [4.78, 5) is 36.1. The van der Waals surface area contributed by atoms with Crippen LogP contribution in [0.5, 0.6) is 11.5 Å². The van der Waals surface area contributed by atoms with Crippen LogP contribution in [0.15, 0.2) is 54.6 Å². The van der Waals surface area contributed by atoms with Gasteiger partial charge in [0.25, 0.3) is 5.91 Å². The average molecular weight is 521 g/mol. The van der Waals surface area contributed by atoms with Gasteiger partial charge in [-0.2, -0.15) is 5.10 Å². The number of carbonyl (C=O) groups is 3. The minimum atomic E-state index is -0.423. The topological polar surface area (TPSA) is 132 Å². The first kappa shape index (κ1) is 26.7. The molecule has 10 nitrogen and oxygen atoms in total. The number of anilines is 1. The van der Waals surface area contributed by atoms with Crippen LogP contribution in [0.2, 0.25) is 0 Å². The van der Waals surface area contributed by atoms with Gasteiger partial charge in [0.2, 0.25) is 0 Å². The van der Waals surface area contributed by atoms with E-state index in [1.807, 2.05) is 44.2 Å². The van der Waals surface area contributed by atoms with Gasteiger partial charge in [-0.3, -0.25) is 14.7 Å². The van der Waals surface area contributed by atoms with Crippen LogP contribution >= 0.6 is 0 Å². The van der Waals surface area contributed by atoms with Gasteiger partial charge in [-0.25, -0.2) is 4.79 Å². The van der Waals surface area contributed by atoms with Gasteiger partial charge in [0.1, 0.15) is 24.2 Å². The van der Waals surface area contributed by atoms with Crippen molar-refractivity contribution in [2.45, 2.75) is 57.8 Å². The average Bonchev–Trinajstić information content (AvgIpc) is 3.55. The fraction of sp³-hybridized carbons (Fsp3) is 0.357. The van der Waals surface area contributed by atoms with Crippen molar-refractivity contribution in [3.8, 4) is 11.5 Å². The summed E-state index contributed by atoms with van der Waals surface area (Å²) < 4.78 is 16.9. The second kappa shape index (κ2) is 12.8. The number of benzene rings is 2. The Morgan fingerprint density at radius 3 is 2.58 bits per heavy atom. The monoisotopic (exact) mass is 520 g/mol. The number of aromatic nitrogens is 2. The minimum absolute atomic E-state index is 0.0180. The molecule has 2 atom stereocenters. The van der Waals surface area contributed by atoms with Crippen molar-refractivity contribution in [3.05, 3.63) is 71.4 Å². The highest BCUT2D eigenvalue weighted by Gasteiger charge is 2.30. The quantitative estimate of drug-likeness (QED) is 0.315. The first-order valence-corrected chi connectivity index (χ1v) is 12.6.